The quantitative estimate of drug-likeness (QED) is 0.906. The summed E-state index contributed by atoms with van der Waals surface area (Å²) in [5.74, 6) is 0.669. The molecule has 1 aliphatic heterocycles. The Bertz CT molecular complexity index is 419. The third-order valence-electron chi connectivity index (χ3n) is 3.60. The second-order valence-corrected chi connectivity index (χ2v) is 5.72. The van der Waals surface area contributed by atoms with E-state index in [1.807, 2.05) is 17.0 Å². The second-order valence-electron chi connectivity index (χ2n) is 5.72. The van der Waals surface area contributed by atoms with E-state index < -0.39 is 0 Å². The molecule has 1 fully saturated rings. The Morgan fingerprint density at radius 2 is 2.11 bits per heavy atom. The molecule has 0 saturated carbocycles. The lowest BCUT2D eigenvalue weighted by Crippen LogP contribution is -2.43. The van der Waals surface area contributed by atoms with Crippen molar-refractivity contribution >= 4 is 5.91 Å². The van der Waals surface area contributed by atoms with Gasteiger partial charge in [-0.1, -0.05) is 13.8 Å². The molecule has 4 nitrogen and oxygen atoms in total. The molecular weight excluding hydrogens is 238 g/mol. The first-order valence-electron chi connectivity index (χ1n) is 7.04. The monoisotopic (exact) mass is 261 g/mol. The molecule has 1 saturated heterocycles. The number of carbonyl (C=O) groups is 1. The molecule has 0 spiro atoms. The molecule has 0 bridgehead atoms. The molecule has 2 heterocycles. The molecule has 104 valence electrons. The van der Waals surface area contributed by atoms with E-state index >= 15 is 0 Å². The summed E-state index contributed by atoms with van der Waals surface area (Å²) in [7, 11) is 0. The van der Waals surface area contributed by atoms with Crippen LogP contribution in [0.4, 0.5) is 0 Å². The highest BCUT2D eigenvalue weighted by atomic mass is 16.2. The highest BCUT2D eigenvalue weighted by Gasteiger charge is 2.32. The summed E-state index contributed by atoms with van der Waals surface area (Å²) in [4.78, 5) is 18.4. The molecule has 2 rings (SSSR count). The lowest BCUT2D eigenvalue weighted by atomic mass is 9.96. The number of likely N-dealkylation sites (tertiary alicyclic amines) is 1. The fourth-order valence-electron chi connectivity index (χ4n) is 2.77. The minimum Gasteiger partial charge on any atom is -0.334 e. The molecule has 0 aromatic carbocycles. The number of nitrogens with zero attached hydrogens (tertiary/aromatic N) is 2. The molecule has 1 aromatic rings. The molecule has 0 aliphatic carbocycles. The zero-order chi connectivity index (χ0) is 13.8. The topological polar surface area (TPSA) is 59.2 Å². The van der Waals surface area contributed by atoms with Crippen molar-refractivity contribution in [3.63, 3.8) is 0 Å². The molecule has 2 atom stereocenters. The third kappa shape index (κ3) is 3.32. The summed E-state index contributed by atoms with van der Waals surface area (Å²) >= 11 is 0. The van der Waals surface area contributed by atoms with Crippen LogP contribution in [-0.2, 0) is 4.79 Å². The van der Waals surface area contributed by atoms with Gasteiger partial charge in [-0.05, 0) is 36.5 Å². The van der Waals surface area contributed by atoms with Crippen LogP contribution >= 0.6 is 0 Å². The fourth-order valence-corrected chi connectivity index (χ4v) is 2.77. The van der Waals surface area contributed by atoms with Crippen LogP contribution in [0, 0.1) is 5.92 Å². The van der Waals surface area contributed by atoms with Gasteiger partial charge in [0.15, 0.2) is 0 Å². The Labute approximate surface area is 115 Å². The Balaban J connectivity index is 2.33. The summed E-state index contributed by atoms with van der Waals surface area (Å²) in [5, 5.41) is 0. The average Bonchev–Trinajstić information content (AvgIpc) is 2.50. The highest BCUT2D eigenvalue weighted by Crippen LogP contribution is 2.30. The minimum atomic E-state index is -0.0135. The van der Waals surface area contributed by atoms with Crippen LogP contribution in [0.2, 0.25) is 0 Å². The van der Waals surface area contributed by atoms with Crippen molar-refractivity contribution in [3.05, 3.63) is 30.1 Å². The molecule has 2 unspecified atom stereocenters. The lowest BCUT2D eigenvalue weighted by molar-refractivity contribution is -0.133. The first kappa shape index (κ1) is 14.0. The number of amides is 1. The maximum atomic E-state index is 12.3. The van der Waals surface area contributed by atoms with Crippen molar-refractivity contribution in [1.82, 2.24) is 9.88 Å². The Hall–Kier alpha value is -1.42. The summed E-state index contributed by atoms with van der Waals surface area (Å²) in [5.41, 5.74) is 7.42. The van der Waals surface area contributed by atoms with Gasteiger partial charge in [0.25, 0.3) is 0 Å². The number of carbonyl (C=O) groups excluding carboxylic acids is 1. The Kier molecular flexibility index (Phi) is 4.53. The van der Waals surface area contributed by atoms with Crippen LogP contribution in [0.5, 0.6) is 0 Å². The minimum absolute atomic E-state index is 0.00704. The van der Waals surface area contributed by atoms with Gasteiger partial charge in [0.05, 0.1) is 6.04 Å². The summed E-state index contributed by atoms with van der Waals surface area (Å²) in [6, 6.07) is 3.93. The van der Waals surface area contributed by atoms with Crippen molar-refractivity contribution in [1.29, 1.82) is 0 Å². The van der Waals surface area contributed by atoms with Gasteiger partial charge < -0.3 is 10.6 Å². The van der Waals surface area contributed by atoms with E-state index in [1.54, 1.807) is 12.4 Å². The molecule has 1 aromatic heterocycles. The van der Waals surface area contributed by atoms with E-state index in [2.05, 4.69) is 18.8 Å². The fraction of sp³-hybridized carbons (Fsp3) is 0.600. The average molecular weight is 261 g/mol. The summed E-state index contributed by atoms with van der Waals surface area (Å²) < 4.78 is 0. The van der Waals surface area contributed by atoms with E-state index in [0.29, 0.717) is 12.3 Å². The van der Waals surface area contributed by atoms with Crippen molar-refractivity contribution < 1.29 is 4.79 Å². The second kappa shape index (κ2) is 6.15. The van der Waals surface area contributed by atoms with Gasteiger partial charge in [0.1, 0.15) is 0 Å². The van der Waals surface area contributed by atoms with Crippen molar-refractivity contribution in [2.24, 2.45) is 11.7 Å². The molecule has 4 heteroatoms. The first-order chi connectivity index (χ1) is 9.09. The van der Waals surface area contributed by atoms with E-state index in [0.717, 1.165) is 24.9 Å². The first-order valence-corrected chi connectivity index (χ1v) is 7.04. The van der Waals surface area contributed by atoms with E-state index in [4.69, 9.17) is 5.73 Å². The van der Waals surface area contributed by atoms with Gasteiger partial charge in [0, 0.05) is 31.4 Å². The predicted octanol–water partition coefficient (Wildman–Crippen LogP) is 2.12. The van der Waals surface area contributed by atoms with Gasteiger partial charge in [-0.25, -0.2) is 0 Å². The van der Waals surface area contributed by atoms with Gasteiger partial charge >= 0.3 is 0 Å². The number of aromatic nitrogens is 1. The maximum absolute atomic E-state index is 12.3. The van der Waals surface area contributed by atoms with Gasteiger partial charge in [-0.3, -0.25) is 9.78 Å². The Morgan fingerprint density at radius 3 is 2.74 bits per heavy atom. The van der Waals surface area contributed by atoms with Gasteiger partial charge in [-0.15, -0.1) is 0 Å². The number of pyridine rings is 1. The largest absolute Gasteiger partial charge is 0.334 e. The predicted molar refractivity (Wildman–Crippen MR) is 75.4 cm³/mol. The summed E-state index contributed by atoms with van der Waals surface area (Å²) in [6.07, 6.45) is 5.93. The van der Waals surface area contributed by atoms with Crippen LogP contribution in [0.1, 0.15) is 44.7 Å². The zero-order valence-electron chi connectivity index (χ0n) is 11.7. The Morgan fingerprint density at radius 1 is 1.42 bits per heavy atom. The van der Waals surface area contributed by atoms with E-state index in [9.17, 15) is 4.79 Å². The number of hydrogen-bond acceptors (Lipinski definition) is 3. The van der Waals surface area contributed by atoms with Crippen LogP contribution < -0.4 is 5.73 Å². The summed E-state index contributed by atoms with van der Waals surface area (Å²) in [6.45, 7) is 5.03. The van der Waals surface area contributed by atoms with Crippen LogP contribution in [0.25, 0.3) is 0 Å². The van der Waals surface area contributed by atoms with Crippen molar-refractivity contribution in [2.75, 3.05) is 6.54 Å². The number of rotatable bonds is 3. The SMILES string of the molecule is CC(C)CN1C(=O)CCCC(N)C1c1ccncc1. The normalized spacial score (nSPS) is 24.6. The van der Waals surface area contributed by atoms with Gasteiger partial charge in [0.2, 0.25) is 5.91 Å². The maximum Gasteiger partial charge on any atom is 0.223 e. The molecule has 1 aliphatic rings. The molecule has 0 radical (unpaired) electrons. The lowest BCUT2D eigenvalue weighted by Gasteiger charge is -2.35. The molecule has 19 heavy (non-hydrogen) atoms. The third-order valence-corrected chi connectivity index (χ3v) is 3.60. The van der Waals surface area contributed by atoms with Crippen molar-refractivity contribution in [2.45, 2.75) is 45.2 Å². The molecule has 2 N–H and O–H groups in total. The van der Waals surface area contributed by atoms with E-state index in [-0.39, 0.29) is 18.0 Å². The van der Waals surface area contributed by atoms with Gasteiger partial charge in [-0.2, -0.15) is 0 Å². The molecule has 1 amide bonds. The van der Waals surface area contributed by atoms with Crippen molar-refractivity contribution in [3.8, 4) is 0 Å². The zero-order valence-corrected chi connectivity index (χ0v) is 11.7. The van der Waals surface area contributed by atoms with Crippen LogP contribution in [-0.4, -0.2) is 28.4 Å². The standard InChI is InChI=1S/C15H23N3O/c1-11(2)10-18-14(19)5-3-4-13(16)15(18)12-6-8-17-9-7-12/h6-9,11,13,15H,3-5,10,16H2,1-2H3. The van der Waals surface area contributed by atoms with Crippen LogP contribution in [0.15, 0.2) is 24.5 Å². The van der Waals surface area contributed by atoms with E-state index in [1.165, 1.54) is 0 Å². The smallest absolute Gasteiger partial charge is 0.223 e. The highest BCUT2D eigenvalue weighted by molar-refractivity contribution is 5.77. The molecular formula is C15H23N3O. The number of hydrogen-bond donors (Lipinski definition) is 1. The number of nitrogens with two attached hydrogens (primary N) is 1. The van der Waals surface area contributed by atoms with Crippen LogP contribution in [0.3, 0.4) is 0 Å².